The molecule has 18 nitrogen and oxygen atoms in total. The van der Waals surface area contributed by atoms with E-state index in [1.54, 1.807) is 13.8 Å². The molecule has 480 valence electrons. The third kappa shape index (κ3) is 57.5. The number of benzene rings is 3. The molecule has 5 heterocycles. The Bertz CT molecular complexity index is 1870. The zero-order valence-corrected chi connectivity index (χ0v) is 60.1. The molecule has 0 bridgehead atoms. The molecular formula is C57H102Br5N4O14PS. The van der Waals surface area contributed by atoms with Gasteiger partial charge in [0.2, 0.25) is 0 Å². The van der Waals surface area contributed by atoms with Crippen LogP contribution < -0.4 is 27.0 Å². The topological polar surface area (TPSA) is 273 Å². The number of aliphatic hydroxyl groups excluding tert-OH is 5. The number of nitrogens with two attached hydrogens (primary N) is 1. The highest BCUT2D eigenvalue weighted by Crippen LogP contribution is 2.39. The summed E-state index contributed by atoms with van der Waals surface area (Å²) in [6.07, 6.45) is 1.67. The number of alkyl halides is 5. The maximum atomic E-state index is 8.77. The number of hydrogen-bond acceptors (Lipinski definition) is 16. The first-order valence-corrected chi connectivity index (χ1v) is 34.0. The molecule has 5 aliphatic heterocycles. The summed E-state index contributed by atoms with van der Waals surface area (Å²) >= 11 is 16.0. The third-order valence-corrected chi connectivity index (χ3v) is 13.8. The maximum Gasteiger partial charge on any atom is 0.394 e. The number of halogens is 5. The van der Waals surface area contributed by atoms with Crippen LogP contribution in [0.3, 0.4) is 0 Å². The van der Waals surface area contributed by atoms with Gasteiger partial charge in [-0.2, -0.15) is 8.42 Å². The van der Waals surface area contributed by atoms with Gasteiger partial charge in [-0.05, 0) is 161 Å². The van der Waals surface area contributed by atoms with Crippen LogP contribution in [0.15, 0.2) is 91.0 Å². The van der Waals surface area contributed by atoms with E-state index in [0.29, 0.717) is 0 Å². The molecule has 0 aliphatic carbocycles. The van der Waals surface area contributed by atoms with Crippen LogP contribution in [0.2, 0.25) is 0 Å². The number of nitrogens with one attached hydrogen (secondary N) is 1. The number of nitrogens with zero attached hydrogens (tertiary/aromatic N) is 2. The fraction of sp³-hybridized carbons (Fsp3) is 0.684. The van der Waals surface area contributed by atoms with E-state index in [1.165, 1.54) is 15.9 Å². The van der Waals surface area contributed by atoms with Gasteiger partial charge in [-0.15, -0.1) is 0 Å². The quantitative estimate of drug-likeness (QED) is 0.0359. The number of β-amino-alcohol motifs (C(OH)–C–C–N with tert-alkyl or cyclic N) is 1. The van der Waals surface area contributed by atoms with Crippen molar-refractivity contribution in [2.24, 2.45) is 11.1 Å². The van der Waals surface area contributed by atoms with Crippen LogP contribution in [-0.2, 0) is 34.1 Å². The van der Waals surface area contributed by atoms with Gasteiger partial charge in [0, 0.05) is 80.5 Å². The molecule has 0 unspecified atom stereocenters. The minimum atomic E-state index is -4.67. The highest BCUT2D eigenvalue weighted by Gasteiger charge is 2.30. The van der Waals surface area contributed by atoms with Crippen molar-refractivity contribution < 1.29 is 66.7 Å². The summed E-state index contributed by atoms with van der Waals surface area (Å²) in [4.78, 5) is 4.72. The number of ether oxygens (including phenoxy) is 5. The first-order valence-electron chi connectivity index (χ1n) is 26.9. The molecule has 5 saturated heterocycles. The van der Waals surface area contributed by atoms with Crippen LogP contribution >= 0.6 is 87.6 Å². The number of morpholine rings is 3. The van der Waals surface area contributed by atoms with E-state index < -0.39 is 23.9 Å². The average Bonchev–Trinajstić information content (AvgIpc) is 4.32. The molecule has 0 radical (unpaired) electrons. The molecule has 8 rings (SSSR count). The van der Waals surface area contributed by atoms with Crippen molar-refractivity contribution in [3.05, 3.63) is 91.0 Å². The summed E-state index contributed by atoms with van der Waals surface area (Å²) in [6.45, 7) is 35.2. The Balaban J connectivity index is -0.000000884. The monoisotopic (exact) mass is 1520 g/mol. The van der Waals surface area contributed by atoms with E-state index in [4.69, 9.17) is 63.0 Å². The molecule has 10 N–H and O–H groups in total. The van der Waals surface area contributed by atoms with E-state index in [9.17, 15) is 0 Å². The SMILES string of the molecule is BrC(Br)(Br)Br.C1CO1.C1CO1.CC(C)(CO)CCCO.CC(C)(N)CO.CC1(C)COCCN1.CC1(C)COCCN1CCBr.CC1(C)COCCN1CCO.CO.O=S(=O)(O)O.c1ccc(P(c2ccccc2)c2ccccc2)cc1. The summed E-state index contributed by atoms with van der Waals surface area (Å²) in [5.74, 6) is 0. The first kappa shape index (κ1) is 86.0. The van der Waals surface area contributed by atoms with Crippen LogP contribution in [-0.4, -0.2) is 214 Å². The van der Waals surface area contributed by atoms with Gasteiger partial charge in [0.15, 0.2) is 1.05 Å². The Morgan fingerprint density at radius 2 is 0.915 bits per heavy atom. The molecule has 5 fully saturated rings. The molecule has 0 saturated carbocycles. The predicted octanol–water partition coefficient (Wildman–Crippen LogP) is 8.07. The lowest BCUT2D eigenvalue weighted by molar-refractivity contribution is -0.0558. The second-order valence-corrected chi connectivity index (χ2v) is 36.8. The van der Waals surface area contributed by atoms with Crippen molar-refractivity contribution >= 4 is 114 Å². The van der Waals surface area contributed by atoms with Gasteiger partial charge in [-0.1, -0.05) is 121 Å². The van der Waals surface area contributed by atoms with Gasteiger partial charge >= 0.3 is 10.4 Å². The van der Waals surface area contributed by atoms with Crippen LogP contribution in [0.5, 0.6) is 0 Å². The smallest absolute Gasteiger partial charge is 0.394 e. The van der Waals surface area contributed by atoms with Crippen molar-refractivity contribution in [3.8, 4) is 0 Å². The van der Waals surface area contributed by atoms with Gasteiger partial charge in [0.1, 0.15) is 0 Å². The summed E-state index contributed by atoms with van der Waals surface area (Å²) < 4.78 is 56.3. The lowest BCUT2D eigenvalue weighted by Gasteiger charge is -2.41. The standard InChI is InChI=1S/C18H15P.C8H16BrNO.C8H17NO2.C7H16O2.C6H13NO.C4H11NO.2C2H4O.CBr4.CH4O.H2O4S/c1-4-10-16(11-5-1)19(17-12-6-2-7-13-17)18-14-8-3-9-15-18;1-8(2)7-11-6-5-10(8)4-3-9;1-8(2)7-11-6-4-9(8)3-5-10;1-7(2,6-9)4-3-5-8;1-6(2)5-8-4-3-7-6;1-4(2,5)3-6;2*1-2-3-1;2-1(3,4)5;1-2;1-5(2,3)4/h1-15H;3-7H2,1-2H3;10H,3-7H2,1-2H3;8-9H,3-6H2,1-2H3;7H,3-5H2,1-2H3;6H,3,5H2,1-2H3;2*1-2H2;;2H,1H3;(H2,1,2,3,4). The van der Waals surface area contributed by atoms with Crippen molar-refractivity contribution in [1.82, 2.24) is 15.1 Å². The van der Waals surface area contributed by atoms with E-state index in [2.05, 4.69) is 237 Å². The highest BCUT2D eigenvalue weighted by atomic mass is 80.0. The number of epoxide rings is 2. The number of hydrogen-bond donors (Lipinski definition) is 9. The zero-order valence-electron chi connectivity index (χ0n) is 50.4. The van der Waals surface area contributed by atoms with Gasteiger partial charge in [0.05, 0.1) is 79.3 Å². The Morgan fingerprint density at radius 1 is 0.585 bits per heavy atom. The summed E-state index contributed by atoms with van der Waals surface area (Å²) in [7, 11) is -4.11. The summed E-state index contributed by atoms with van der Waals surface area (Å²) in [6, 6.07) is 32.3. The van der Waals surface area contributed by atoms with Crippen molar-refractivity contribution in [3.63, 3.8) is 0 Å². The van der Waals surface area contributed by atoms with E-state index in [-0.39, 0.29) is 49.5 Å². The normalized spacial score (nSPS) is 17.4. The molecule has 5 aliphatic rings. The Labute approximate surface area is 536 Å². The Morgan fingerprint density at radius 3 is 1.13 bits per heavy atom. The lowest BCUT2D eigenvalue weighted by atomic mass is 9.89. The molecule has 0 spiro atoms. The van der Waals surface area contributed by atoms with Crippen molar-refractivity contribution in [1.29, 1.82) is 0 Å². The number of rotatable bonds is 12. The molecule has 0 atom stereocenters. The van der Waals surface area contributed by atoms with Crippen LogP contribution in [0.4, 0.5) is 0 Å². The van der Waals surface area contributed by atoms with E-state index in [1.807, 2.05) is 13.8 Å². The average molecular weight is 1530 g/mol. The second kappa shape index (κ2) is 48.7. The summed E-state index contributed by atoms with van der Waals surface area (Å²) in [5, 5.41) is 49.8. The molecule has 0 amide bonds. The minimum absolute atomic E-state index is 0.0112. The molecular weight excluding hydrogens is 1430 g/mol. The molecule has 3 aromatic rings. The fourth-order valence-electron chi connectivity index (χ4n) is 6.49. The second-order valence-electron chi connectivity index (χ2n) is 21.7. The molecule has 0 aromatic heterocycles. The van der Waals surface area contributed by atoms with Gasteiger partial charge < -0.3 is 60.3 Å². The fourth-order valence-corrected chi connectivity index (χ4v) is 9.22. The maximum absolute atomic E-state index is 8.77. The Hall–Kier alpha value is -0.200. The minimum Gasteiger partial charge on any atom is -0.400 e. The van der Waals surface area contributed by atoms with E-state index in [0.717, 1.165) is 124 Å². The third-order valence-electron chi connectivity index (χ3n) is 11.0. The lowest BCUT2D eigenvalue weighted by Crippen LogP contribution is -2.53. The first-order chi connectivity index (χ1) is 38.2. The molecule has 82 heavy (non-hydrogen) atoms. The number of aliphatic hydroxyl groups is 5. The molecule has 3 aromatic carbocycles. The Kier molecular flexibility index (Phi) is 51.1. The largest absolute Gasteiger partial charge is 0.400 e. The van der Waals surface area contributed by atoms with Crippen LogP contribution in [0.1, 0.15) is 82.1 Å². The van der Waals surface area contributed by atoms with Crippen molar-refractivity contribution in [2.45, 2.75) is 105 Å². The van der Waals surface area contributed by atoms with Gasteiger partial charge in [-0.3, -0.25) is 18.9 Å². The predicted molar refractivity (Wildman–Crippen MR) is 357 cm³/mol. The summed E-state index contributed by atoms with van der Waals surface area (Å²) in [5.41, 5.74) is 5.40. The van der Waals surface area contributed by atoms with Crippen molar-refractivity contribution in [2.75, 3.05) is 138 Å². The zero-order chi connectivity index (χ0) is 63.4. The molecule has 25 heteroatoms. The highest BCUT2D eigenvalue weighted by molar-refractivity contribution is 9.52. The van der Waals surface area contributed by atoms with Crippen LogP contribution in [0, 0.1) is 5.41 Å². The van der Waals surface area contributed by atoms with Crippen LogP contribution in [0.25, 0.3) is 0 Å². The van der Waals surface area contributed by atoms with E-state index >= 15 is 0 Å². The van der Waals surface area contributed by atoms with Gasteiger partial charge in [-0.25, -0.2) is 0 Å². The van der Waals surface area contributed by atoms with Gasteiger partial charge in [0.25, 0.3) is 0 Å².